The number of carboxylic acid groups (broad SMARTS) is 1. The summed E-state index contributed by atoms with van der Waals surface area (Å²) < 4.78 is 5.21. The summed E-state index contributed by atoms with van der Waals surface area (Å²) in [4.78, 5) is 13.6. The van der Waals surface area contributed by atoms with Crippen molar-refractivity contribution >= 4 is 5.97 Å². The first kappa shape index (κ1) is 13.8. The van der Waals surface area contributed by atoms with E-state index in [1.165, 1.54) is 0 Å². The fourth-order valence-electron chi connectivity index (χ4n) is 2.52. The fourth-order valence-corrected chi connectivity index (χ4v) is 2.52. The van der Waals surface area contributed by atoms with Gasteiger partial charge in [-0.15, -0.1) is 0 Å². The third kappa shape index (κ3) is 3.05. The van der Waals surface area contributed by atoms with Crippen LogP contribution < -0.4 is 10.1 Å². The summed E-state index contributed by atoms with van der Waals surface area (Å²) in [6, 6.07) is 5.00. The van der Waals surface area contributed by atoms with Gasteiger partial charge in [0.05, 0.1) is 7.11 Å². The SMILES string of the molecule is COc1ccc(C(C(=O)O)N2CCNCC2)cc1C. The van der Waals surface area contributed by atoms with Crippen LogP contribution in [0.5, 0.6) is 5.75 Å². The highest BCUT2D eigenvalue weighted by Gasteiger charge is 2.28. The van der Waals surface area contributed by atoms with Gasteiger partial charge in [-0.3, -0.25) is 9.69 Å². The van der Waals surface area contributed by atoms with Crippen molar-refractivity contribution in [1.29, 1.82) is 0 Å². The maximum absolute atomic E-state index is 11.6. The molecule has 1 fully saturated rings. The van der Waals surface area contributed by atoms with E-state index in [0.29, 0.717) is 0 Å². The molecule has 0 aromatic heterocycles. The molecule has 1 unspecified atom stereocenters. The molecule has 0 bridgehead atoms. The first-order valence-corrected chi connectivity index (χ1v) is 6.45. The largest absolute Gasteiger partial charge is 0.496 e. The third-order valence-electron chi connectivity index (χ3n) is 3.49. The van der Waals surface area contributed by atoms with Gasteiger partial charge in [-0.25, -0.2) is 0 Å². The highest BCUT2D eigenvalue weighted by Crippen LogP contribution is 2.26. The van der Waals surface area contributed by atoms with Gasteiger partial charge in [0.25, 0.3) is 0 Å². The standard InChI is InChI=1S/C14H20N2O3/c1-10-9-11(3-4-12(10)19-2)13(14(17)18)16-7-5-15-6-8-16/h3-4,9,13,15H,5-8H2,1-2H3,(H,17,18). The number of benzene rings is 1. The number of hydrogen-bond acceptors (Lipinski definition) is 4. The molecule has 0 radical (unpaired) electrons. The van der Waals surface area contributed by atoms with Crippen molar-refractivity contribution in [2.24, 2.45) is 0 Å². The summed E-state index contributed by atoms with van der Waals surface area (Å²) in [5.41, 5.74) is 1.77. The normalized spacial score (nSPS) is 18.0. The smallest absolute Gasteiger partial charge is 0.325 e. The number of rotatable bonds is 4. The van der Waals surface area contributed by atoms with Gasteiger partial charge in [-0.05, 0) is 24.1 Å². The third-order valence-corrected chi connectivity index (χ3v) is 3.49. The van der Waals surface area contributed by atoms with Crippen molar-refractivity contribution in [3.05, 3.63) is 29.3 Å². The lowest BCUT2D eigenvalue weighted by molar-refractivity contribution is -0.143. The lowest BCUT2D eigenvalue weighted by Crippen LogP contribution is -2.47. The zero-order valence-electron chi connectivity index (χ0n) is 11.3. The van der Waals surface area contributed by atoms with Crippen LogP contribution in [-0.2, 0) is 4.79 Å². The van der Waals surface area contributed by atoms with Crippen LogP contribution in [0.15, 0.2) is 18.2 Å². The average molecular weight is 264 g/mol. The summed E-state index contributed by atoms with van der Waals surface area (Å²) in [6.07, 6.45) is 0. The molecule has 0 amide bonds. The Labute approximate surface area is 113 Å². The number of carboxylic acids is 1. The molecular formula is C14H20N2O3. The number of aryl methyl sites for hydroxylation is 1. The van der Waals surface area contributed by atoms with Crippen LogP contribution in [0.1, 0.15) is 17.2 Å². The van der Waals surface area contributed by atoms with E-state index in [9.17, 15) is 9.90 Å². The molecule has 19 heavy (non-hydrogen) atoms. The molecule has 0 saturated carbocycles. The minimum atomic E-state index is -0.800. The van der Waals surface area contributed by atoms with Crippen LogP contribution in [-0.4, -0.2) is 49.3 Å². The minimum Gasteiger partial charge on any atom is -0.496 e. The summed E-state index contributed by atoms with van der Waals surface area (Å²) in [5, 5.41) is 12.7. The van der Waals surface area contributed by atoms with Gasteiger partial charge < -0.3 is 15.2 Å². The van der Waals surface area contributed by atoms with Crippen molar-refractivity contribution in [1.82, 2.24) is 10.2 Å². The Hall–Kier alpha value is -1.59. The number of hydrogen-bond donors (Lipinski definition) is 2. The molecule has 5 nitrogen and oxygen atoms in total. The van der Waals surface area contributed by atoms with Crippen molar-refractivity contribution < 1.29 is 14.6 Å². The van der Waals surface area contributed by atoms with Crippen LogP contribution in [0.3, 0.4) is 0 Å². The predicted molar refractivity (Wildman–Crippen MR) is 72.6 cm³/mol. The van der Waals surface area contributed by atoms with E-state index in [0.717, 1.165) is 43.1 Å². The number of piperazine rings is 1. The molecular weight excluding hydrogens is 244 g/mol. The molecule has 0 spiro atoms. The Balaban J connectivity index is 2.28. The summed E-state index contributed by atoms with van der Waals surface area (Å²) in [6.45, 7) is 5.10. The molecule has 1 saturated heterocycles. The number of carbonyl (C=O) groups is 1. The lowest BCUT2D eigenvalue weighted by Gasteiger charge is -2.32. The van der Waals surface area contributed by atoms with E-state index < -0.39 is 12.0 Å². The molecule has 2 N–H and O–H groups in total. The molecule has 1 aliphatic heterocycles. The van der Waals surface area contributed by atoms with Crippen LogP contribution in [0.4, 0.5) is 0 Å². The summed E-state index contributed by atoms with van der Waals surface area (Å²) in [7, 11) is 1.62. The quantitative estimate of drug-likeness (QED) is 0.850. The maximum Gasteiger partial charge on any atom is 0.325 e. The molecule has 1 aromatic rings. The van der Waals surface area contributed by atoms with E-state index in [1.807, 2.05) is 30.0 Å². The van der Waals surface area contributed by atoms with Gasteiger partial charge in [-0.1, -0.05) is 12.1 Å². The van der Waals surface area contributed by atoms with Gasteiger partial charge in [0.15, 0.2) is 0 Å². The molecule has 1 heterocycles. The molecule has 1 aliphatic rings. The zero-order valence-corrected chi connectivity index (χ0v) is 11.3. The van der Waals surface area contributed by atoms with Gasteiger partial charge in [0.1, 0.15) is 11.8 Å². The average Bonchev–Trinajstić information content (AvgIpc) is 2.40. The number of aliphatic carboxylic acids is 1. The maximum atomic E-state index is 11.6. The van der Waals surface area contributed by atoms with Gasteiger partial charge >= 0.3 is 5.97 Å². The lowest BCUT2D eigenvalue weighted by atomic mass is 10.0. The Morgan fingerprint density at radius 3 is 2.63 bits per heavy atom. The topological polar surface area (TPSA) is 61.8 Å². The number of ether oxygens (including phenoxy) is 1. The monoisotopic (exact) mass is 264 g/mol. The van der Waals surface area contributed by atoms with E-state index in [2.05, 4.69) is 5.32 Å². The molecule has 0 aliphatic carbocycles. The number of nitrogens with one attached hydrogen (secondary N) is 1. The first-order valence-electron chi connectivity index (χ1n) is 6.45. The van der Waals surface area contributed by atoms with Crippen molar-refractivity contribution in [3.8, 4) is 5.75 Å². The van der Waals surface area contributed by atoms with Crippen molar-refractivity contribution in [2.75, 3.05) is 33.3 Å². The van der Waals surface area contributed by atoms with Crippen LogP contribution in [0.25, 0.3) is 0 Å². The van der Waals surface area contributed by atoms with Crippen LogP contribution in [0, 0.1) is 6.92 Å². The number of methoxy groups -OCH3 is 1. The zero-order chi connectivity index (χ0) is 13.8. The Bertz CT molecular complexity index is 456. The summed E-state index contributed by atoms with van der Waals surface area (Å²) >= 11 is 0. The van der Waals surface area contributed by atoms with E-state index in [1.54, 1.807) is 7.11 Å². The van der Waals surface area contributed by atoms with E-state index in [-0.39, 0.29) is 0 Å². The Kier molecular flexibility index (Phi) is 4.39. The highest BCUT2D eigenvalue weighted by atomic mass is 16.5. The second kappa shape index (κ2) is 6.04. The second-order valence-electron chi connectivity index (χ2n) is 4.76. The molecule has 2 rings (SSSR count). The molecule has 5 heteroatoms. The fraction of sp³-hybridized carbons (Fsp3) is 0.500. The Morgan fingerprint density at radius 1 is 1.42 bits per heavy atom. The summed E-state index contributed by atoms with van der Waals surface area (Å²) in [5.74, 6) is -0.0142. The molecule has 104 valence electrons. The van der Waals surface area contributed by atoms with Gasteiger partial charge in [0.2, 0.25) is 0 Å². The first-order chi connectivity index (χ1) is 9.13. The van der Waals surface area contributed by atoms with Crippen molar-refractivity contribution in [3.63, 3.8) is 0 Å². The van der Waals surface area contributed by atoms with E-state index >= 15 is 0 Å². The highest BCUT2D eigenvalue weighted by molar-refractivity contribution is 5.75. The second-order valence-corrected chi connectivity index (χ2v) is 4.76. The van der Waals surface area contributed by atoms with Crippen molar-refractivity contribution in [2.45, 2.75) is 13.0 Å². The molecule has 1 atom stereocenters. The van der Waals surface area contributed by atoms with Gasteiger partial charge in [0, 0.05) is 26.2 Å². The van der Waals surface area contributed by atoms with E-state index in [4.69, 9.17) is 4.74 Å². The predicted octanol–water partition coefficient (Wildman–Crippen LogP) is 1.03. The molecule has 1 aromatic carbocycles. The van der Waals surface area contributed by atoms with Crippen LogP contribution >= 0.6 is 0 Å². The number of nitrogens with zero attached hydrogens (tertiary/aromatic N) is 1. The van der Waals surface area contributed by atoms with Crippen LogP contribution in [0.2, 0.25) is 0 Å². The minimum absolute atomic E-state index is 0.577. The Morgan fingerprint density at radius 2 is 2.11 bits per heavy atom. The van der Waals surface area contributed by atoms with Gasteiger partial charge in [-0.2, -0.15) is 0 Å².